The molecule has 1 aromatic rings. The fourth-order valence-electron chi connectivity index (χ4n) is 3.16. The molecule has 6 nitrogen and oxygen atoms in total. The average Bonchev–Trinajstić information content (AvgIpc) is 2.79. The van der Waals surface area contributed by atoms with E-state index in [0.717, 1.165) is 25.7 Å². The number of carbonyl (C=O) groups is 3. The third-order valence-electron chi connectivity index (χ3n) is 4.41. The third-order valence-corrected chi connectivity index (χ3v) is 4.41. The lowest BCUT2D eigenvalue weighted by Gasteiger charge is -2.32. The van der Waals surface area contributed by atoms with Crippen LogP contribution < -0.4 is 11.1 Å². The molecule has 0 radical (unpaired) electrons. The van der Waals surface area contributed by atoms with E-state index in [4.69, 9.17) is 5.73 Å². The van der Waals surface area contributed by atoms with Crippen LogP contribution in [-0.4, -0.2) is 41.2 Å². The Kier molecular flexibility index (Phi) is 6.35. The number of nitrogens with one attached hydrogen (secondary N) is 1. The monoisotopic (exact) mass is 331 g/mol. The Labute approximate surface area is 142 Å². The van der Waals surface area contributed by atoms with Gasteiger partial charge in [0, 0.05) is 24.6 Å². The number of hydrogen-bond acceptors (Lipinski definition) is 3. The number of nitrogens with two attached hydrogens (primary N) is 1. The average molecular weight is 331 g/mol. The third kappa shape index (κ3) is 4.81. The number of benzene rings is 1. The zero-order chi connectivity index (χ0) is 17.5. The molecule has 3 N–H and O–H groups in total. The van der Waals surface area contributed by atoms with Gasteiger partial charge in [-0.05, 0) is 19.8 Å². The second-order valence-corrected chi connectivity index (χ2v) is 6.26. The normalized spacial score (nSPS) is 19.2. The van der Waals surface area contributed by atoms with Crippen LogP contribution in [0.15, 0.2) is 30.3 Å². The number of carbonyl (C=O) groups excluding carboxylic acids is 3. The first-order valence-electron chi connectivity index (χ1n) is 8.43. The second-order valence-electron chi connectivity index (χ2n) is 6.26. The van der Waals surface area contributed by atoms with Crippen LogP contribution in [0.2, 0.25) is 0 Å². The summed E-state index contributed by atoms with van der Waals surface area (Å²) in [5.74, 6) is -0.141. The van der Waals surface area contributed by atoms with Crippen molar-refractivity contribution in [1.29, 1.82) is 0 Å². The maximum atomic E-state index is 12.7. The predicted octanol–water partition coefficient (Wildman–Crippen LogP) is 2.09. The van der Waals surface area contributed by atoms with Crippen molar-refractivity contribution in [2.75, 3.05) is 6.54 Å². The van der Waals surface area contributed by atoms with Crippen molar-refractivity contribution < 1.29 is 14.4 Å². The summed E-state index contributed by atoms with van der Waals surface area (Å²) in [6.45, 7) is 2.23. The fraction of sp³-hybridized carbons (Fsp3) is 0.500. The van der Waals surface area contributed by atoms with E-state index < -0.39 is 12.1 Å². The largest absolute Gasteiger partial charge is 0.352 e. The fourth-order valence-corrected chi connectivity index (χ4v) is 3.16. The predicted molar refractivity (Wildman–Crippen MR) is 91.5 cm³/mol. The molecule has 1 heterocycles. The van der Waals surface area contributed by atoms with Crippen LogP contribution in [-0.2, 0) is 4.79 Å². The van der Waals surface area contributed by atoms with E-state index in [1.165, 1.54) is 0 Å². The highest BCUT2D eigenvalue weighted by molar-refractivity contribution is 5.96. The van der Waals surface area contributed by atoms with E-state index in [1.54, 1.807) is 24.0 Å². The molecule has 2 unspecified atom stereocenters. The molecule has 2 rings (SSSR count). The summed E-state index contributed by atoms with van der Waals surface area (Å²) in [5, 5.41) is 2.43. The Morgan fingerprint density at radius 3 is 2.58 bits per heavy atom. The van der Waals surface area contributed by atoms with Crippen LogP contribution in [0.3, 0.4) is 0 Å². The Bertz CT molecular complexity index is 588. The Hall–Kier alpha value is -2.37. The van der Waals surface area contributed by atoms with Gasteiger partial charge in [-0.25, -0.2) is 4.79 Å². The molecule has 0 spiro atoms. The van der Waals surface area contributed by atoms with Gasteiger partial charge in [0.25, 0.3) is 0 Å². The van der Waals surface area contributed by atoms with Gasteiger partial charge in [-0.2, -0.15) is 0 Å². The van der Waals surface area contributed by atoms with Gasteiger partial charge in [0.1, 0.15) is 6.04 Å². The molecule has 1 fully saturated rings. The SMILES string of the molecule is CC(NC(N)=O)C(=O)N1CCCCCC1CC(=O)c1ccccc1. The molecule has 0 aliphatic carbocycles. The van der Waals surface area contributed by atoms with Gasteiger partial charge in [-0.15, -0.1) is 0 Å². The van der Waals surface area contributed by atoms with Gasteiger partial charge in [-0.3, -0.25) is 9.59 Å². The molecule has 0 saturated carbocycles. The maximum absolute atomic E-state index is 12.7. The standard InChI is InChI=1S/C18H25N3O3/c1-13(20-18(19)24)17(23)21-11-7-3-6-10-15(21)12-16(22)14-8-4-2-5-9-14/h2,4-5,8-9,13,15H,3,6-7,10-12H2,1H3,(H3,19,20,24). The van der Waals surface area contributed by atoms with E-state index in [2.05, 4.69) is 5.32 Å². The van der Waals surface area contributed by atoms with Gasteiger partial charge in [0.2, 0.25) is 5.91 Å². The molecule has 1 aromatic carbocycles. The number of Topliss-reactive ketones (excluding diaryl/α,β-unsaturated/α-hetero) is 1. The summed E-state index contributed by atoms with van der Waals surface area (Å²) in [4.78, 5) is 37.9. The highest BCUT2D eigenvalue weighted by Gasteiger charge is 2.30. The molecule has 0 aromatic heterocycles. The first kappa shape index (κ1) is 18.0. The number of nitrogens with zero attached hydrogens (tertiary/aromatic N) is 1. The molecule has 24 heavy (non-hydrogen) atoms. The number of urea groups is 1. The first-order valence-corrected chi connectivity index (χ1v) is 8.43. The second kappa shape index (κ2) is 8.47. The highest BCUT2D eigenvalue weighted by atomic mass is 16.2. The molecule has 3 amide bonds. The van der Waals surface area contributed by atoms with E-state index in [1.807, 2.05) is 18.2 Å². The lowest BCUT2D eigenvalue weighted by atomic mass is 9.99. The topological polar surface area (TPSA) is 92.5 Å². The highest BCUT2D eigenvalue weighted by Crippen LogP contribution is 2.22. The summed E-state index contributed by atoms with van der Waals surface area (Å²) in [6, 6.07) is 7.59. The Balaban J connectivity index is 2.10. The minimum absolute atomic E-state index is 0.0378. The molecule has 6 heteroatoms. The van der Waals surface area contributed by atoms with Crippen molar-refractivity contribution in [2.45, 2.75) is 51.1 Å². The molecular weight excluding hydrogens is 306 g/mol. The zero-order valence-corrected chi connectivity index (χ0v) is 14.0. The zero-order valence-electron chi connectivity index (χ0n) is 14.0. The number of likely N-dealkylation sites (tertiary alicyclic amines) is 1. The van der Waals surface area contributed by atoms with Gasteiger partial charge < -0.3 is 16.0 Å². The Morgan fingerprint density at radius 2 is 1.92 bits per heavy atom. The number of hydrogen-bond donors (Lipinski definition) is 2. The number of rotatable bonds is 5. The van der Waals surface area contributed by atoms with E-state index in [-0.39, 0.29) is 17.7 Å². The summed E-state index contributed by atoms with van der Waals surface area (Å²) < 4.78 is 0. The molecule has 1 aliphatic heterocycles. The maximum Gasteiger partial charge on any atom is 0.312 e. The first-order chi connectivity index (χ1) is 11.5. The smallest absolute Gasteiger partial charge is 0.312 e. The summed E-state index contributed by atoms with van der Waals surface area (Å²) in [5.41, 5.74) is 5.77. The molecule has 1 aliphatic rings. The van der Waals surface area contributed by atoms with Crippen LogP contribution in [0.4, 0.5) is 4.79 Å². The lowest BCUT2D eigenvalue weighted by molar-refractivity contribution is -0.135. The minimum Gasteiger partial charge on any atom is -0.352 e. The van der Waals surface area contributed by atoms with Gasteiger partial charge in [0.15, 0.2) is 5.78 Å². The molecular formula is C18H25N3O3. The van der Waals surface area contributed by atoms with Crippen LogP contribution in [0, 0.1) is 0 Å². The van der Waals surface area contributed by atoms with Crippen molar-refractivity contribution in [3.63, 3.8) is 0 Å². The van der Waals surface area contributed by atoms with Crippen molar-refractivity contribution in [3.8, 4) is 0 Å². The van der Waals surface area contributed by atoms with E-state index >= 15 is 0 Å². The van der Waals surface area contributed by atoms with Crippen molar-refractivity contribution in [1.82, 2.24) is 10.2 Å². The summed E-state index contributed by atoms with van der Waals surface area (Å²) in [7, 11) is 0. The quantitative estimate of drug-likeness (QED) is 0.809. The van der Waals surface area contributed by atoms with E-state index in [9.17, 15) is 14.4 Å². The number of primary amides is 1. The Morgan fingerprint density at radius 1 is 1.21 bits per heavy atom. The molecule has 1 saturated heterocycles. The van der Waals surface area contributed by atoms with Crippen molar-refractivity contribution >= 4 is 17.7 Å². The van der Waals surface area contributed by atoms with Crippen LogP contribution in [0.1, 0.15) is 49.4 Å². The minimum atomic E-state index is -0.720. The molecule has 0 bridgehead atoms. The van der Waals surface area contributed by atoms with E-state index in [0.29, 0.717) is 18.5 Å². The lowest BCUT2D eigenvalue weighted by Crippen LogP contribution is -2.52. The van der Waals surface area contributed by atoms with Crippen LogP contribution in [0.5, 0.6) is 0 Å². The number of amides is 3. The van der Waals surface area contributed by atoms with Gasteiger partial charge in [-0.1, -0.05) is 43.2 Å². The van der Waals surface area contributed by atoms with Gasteiger partial charge in [0.05, 0.1) is 0 Å². The molecule has 2 atom stereocenters. The van der Waals surface area contributed by atoms with Crippen LogP contribution in [0.25, 0.3) is 0 Å². The van der Waals surface area contributed by atoms with Crippen LogP contribution >= 0.6 is 0 Å². The molecule has 130 valence electrons. The van der Waals surface area contributed by atoms with Gasteiger partial charge >= 0.3 is 6.03 Å². The summed E-state index contributed by atoms with van der Waals surface area (Å²) >= 11 is 0. The summed E-state index contributed by atoms with van der Waals surface area (Å²) in [6.07, 6.45) is 4.04. The van der Waals surface area contributed by atoms with Crippen molar-refractivity contribution in [3.05, 3.63) is 35.9 Å². The van der Waals surface area contributed by atoms with Crippen molar-refractivity contribution in [2.24, 2.45) is 5.73 Å². The number of ketones is 1.